The molecule has 2 aromatic carbocycles. The van der Waals surface area contributed by atoms with E-state index in [0.29, 0.717) is 10.7 Å². The van der Waals surface area contributed by atoms with Crippen molar-refractivity contribution >= 4 is 34.8 Å². The number of rotatable bonds is 4. The molecule has 130 valence electrons. The SMILES string of the molecule is O=C(NCc1ccc(Cl)cc1)C(=O)Nc1ccc(N2CCCC2)cc1. The smallest absolute Gasteiger partial charge is 0.313 e. The molecule has 6 heteroatoms. The predicted molar refractivity (Wildman–Crippen MR) is 99.8 cm³/mol. The highest BCUT2D eigenvalue weighted by molar-refractivity contribution is 6.39. The van der Waals surface area contributed by atoms with Crippen molar-refractivity contribution in [1.82, 2.24) is 5.32 Å². The first-order valence-electron chi connectivity index (χ1n) is 8.30. The minimum atomic E-state index is -0.678. The fourth-order valence-electron chi connectivity index (χ4n) is 2.78. The minimum absolute atomic E-state index is 0.275. The standard InChI is InChI=1S/C19H20ClN3O2/c20-15-5-3-14(4-6-15)13-21-18(24)19(25)22-16-7-9-17(10-8-16)23-11-1-2-12-23/h3-10H,1-2,11-13H2,(H,21,24)(H,22,25). The zero-order valence-corrected chi connectivity index (χ0v) is 14.6. The number of hydrogen-bond donors (Lipinski definition) is 2. The van der Waals surface area contributed by atoms with Crippen LogP contribution in [0.4, 0.5) is 11.4 Å². The highest BCUT2D eigenvalue weighted by Gasteiger charge is 2.15. The molecule has 0 radical (unpaired) electrons. The van der Waals surface area contributed by atoms with Gasteiger partial charge in [0.25, 0.3) is 0 Å². The number of benzene rings is 2. The van der Waals surface area contributed by atoms with Crippen LogP contribution in [0.3, 0.4) is 0 Å². The number of carbonyl (C=O) groups excluding carboxylic acids is 2. The summed E-state index contributed by atoms with van der Waals surface area (Å²) in [4.78, 5) is 26.2. The van der Waals surface area contributed by atoms with Gasteiger partial charge in [-0.1, -0.05) is 23.7 Å². The number of hydrogen-bond acceptors (Lipinski definition) is 3. The molecule has 1 saturated heterocycles. The molecule has 1 fully saturated rings. The Morgan fingerprint density at radius 3 is 2.20 bits per heavy atom. The Morgan fingerprint density at radius 2 is 1.56 bits per heavy atom. The molecule has 0 saturated carbocycles. The summed E-state index contributed by atoms with van der Waals surface area (Å²) in [5.74, 6) is -1.35. The second-order valence-electron chi connectivity index (χ2n) is 6.00. The van der Waals surface area contributed by atoms with E-state index in [4.69, 9.17) is 11.6 Å². The lowest BCUT2D eigenvalue weighted by Gasteiger charge is -2.17. The van der Waals surface area contributed by atoms with Crippen LogP contribution in [-0.2, 0) is 16.1 Å². The van der Waals surface area contributed by atoms with Crippen LogP contribution in [0.2, 0.25) is 5.02 Å². The molecule has 2 amide bonds. The van der Waals surface area contributed by atoms with E-state index in [9.17, 15) is 9.59 Å². The van der Waals surface area contributed by atoms with E-state index in [-0.39, 0.29) is 6.54 Å². The van der Waals surface area contributed by atoms with Crippen LogP contribution in [0.25, 0.3) is 0 Å². The lowest BCUT2D eigenvalue weighted by atomic mass is 10.2. The summed E-state index contributed by atoms with van der Waals surface area (Å²) in [7, 11) is 0. The zero-order valence-electron chi connectivity index (χ0n) is 13.8. The van der Waals surface area contributed by atoms with Crippen molar-refractivity contribution in [2.45, 2.75) is 19.4 Å². The maximum absolute atomic E-state index is 12.0. The Balaban J connectivity index is 1.50. The molecular weight excluding hydrogens is 338 g/mol. The molecule has 0 aliphatic carbocycles. The number of halogens is 1. The Morgan fingerprint density at radius 1 is 0.920 bits per heavy atom. The van der Waals surface area contributed by atoms with E-state index in [2.05, 4.69) is 15.5 Å². The van der Waals surface area contributed by atoms with Crippen molar-refractivity contribution in [3.05, 3.63) is 59.1 Å². The normalized spacial score (nSPS) is 13.6. The van der Waals surface area contributed by atoms with Gasteiger partial charge in [0, 0.05) is 36.0 Å². The average Bonchev–Trinajstić information content (AvgIpc) is 3.16. The molecule has 0 spiro atoms. The van der Waals surface area contributed by atoms with Crippen LogP contribution < -0.4 is 15.5 Å². The first-order valence-corrected chi connectivity index (χ1v) is 8.68. The summed E-state index contributed by atoms with van der Waals surface area (Å²) >= 11 is 5.81. The maximum Gasteiger partial charge on any atom is 0.313 e. The molecule has 1 heterocycles. The second-order valence-corrected chi connectivity index (χ2v) is 6.44. The van der Waals surface area contributed by atoms with Crippen LogP contribution in [0.1, 0.15) is 18.4 Å². The lowest BCUT2D eigenvalue weighted by molar-refractivity contribution is -0.136. The molecule has 0 unspecified atom stereocenters. The van der Waals surface area contributed by atoms with Gasteiger partial charge in [-0.2, -0.15) is 0 Å². The van der Waals surface area contributed by atoms with Gasteiger partial charge < -0.3 is 15.5 Å². The van der Waals surface area contributed by atoms with E-state index < -0.39 is 11.8 Å². The molecular formula is C19H20ClN3O2. The van der Waals surface area contributed by atoms with E-state index in [1.54, 1.807) is 24.3 Å². The van der Waals surface area contributed by atoms with Crippen molar-refractivity contribution in [3.63, 3.8) is 0 Å². The monoisotopic (exact) mass is 357 g/mol. The van der Waals surface area contributed by atoms with Crippen LogP contribution in [0, 0.1) is 0 Å². The summed E-state index contributed by atoms with van der Waals surface area (Å²) in [6.07, 6.45) is 2.43. The van der Waals surface area contributed by atoms with Crippen molar-refractivity contribution in [3.8, 4) is 0 Å². The molecule has 1 aliphatic rings. The highest BCUT2D eigenvalue weighted by Crippen LogP contribution is 2.22. The fraction of sp³-hybridized carbons (Fsp3) is 0.263. The van der Waals surface area contributed by atoms with Crippen molar-refractivity contribution in [2.75, 3.05) is 23.3 Å². The Kier molecular flexibility index (Phi) is 5.56. The largest absolute Gasteiger partial charge is 0.372 e. The third kappa shape index (κ3) is 4.73. The quantitative estimate of drug-likeness (QED) is 0.826. The molecule has 0 bridgehead atoms. The molecule has 0 atom stereocenters. The van der Waals surface area contributed by atoms with E-state index in [1.165, 1.54) is 12.8 Å². The topological polar surface area (TPSA) is 61.4 Å². The molecule has 0 aromatic heterocycles. The summed E-state index contributed by atoms with van der Waals surface area (Å²) < 4.78 is 0. The Bertz CT molecular complexity index is 738. The summed E-state index contributed by atoms with van der Waals surface area (Å²) in [5, 5.41) is 5.84. The molecule has 25 heavy (non-hydrogen) atoms. The third-order valence-electron chi connectivity index (χ3n) is 4.17. The summed E-state index contributed by atoms with van der Waals surface area (Å²) in [5.41, 5.74) is 2.62. The van der Waals surface area contributed by atoms with Crippen molar-refractivity contribution in [2.24, 2.45) is 0 Å². The van der Waals surface area contributed by atoms with Crippen LogP contribution >= 0.6 is 11.6 Å². The van der Waals surface area contributed by atoms with Gasteiger partial charge in [-0.3, -0.25) is 9.59 Å². The van der Waals surface area contributed by atoms with Crippen molar-refractivity contribution < 1.29 is 9.59 Å². The van der Waals surface area contributed by atoms with Gasteiger partial charge in [0.2, 0.25) is 0 Å². The van der Waals surface area contributed by atoms with Crippen LogP contribution in [0.5, 0.6) is 0 Å². The van der Waals surface area contributed by atoms with E-state index in [1.807, 2.05) is 24.3 Å². The van der Waals surface area contributed by atoms with Crippen molar-refractivity contribution in [1.29, 1.82) is 0 Å². The Labute approximate surface area is 152 Å². The number of nitrogens with zero attached hydrogens (tertiary/aromatic N) is 1. The number of carbonyl (C=O) groups is 2. The molecule has 1 aliphatic heterocycles. The highest BCUT2D eigenvalue weighted by atomic mass is 35.5. The first-order chi connectivity index (χ1) is 12.1. The third-order valence-corrected chi connectivity index (χ3v) is 4.42. The summed E-state index contributed by atoms with van der Waals surface area (Å²) in [6, 6.07) is 14.7. The van der Waals surface area contributed by atoms with Gasteiger partial charge in [0.05, 0.1) is 0 Å². The van der Waals surface area contributed by atoms with E-state index in [0.717, 1.165) is 24.3 Å². The Hall–Kier alpha value is -2.53. The number of nitrogens with one attached hydrogen (secondary N) is 2. The predicted octanol–water partition coefficient (Wildman–Crippen LogP) is 3.20. The van der Waals surface area contributed by atoms with Gasteiger partial charge in [0.1, 0.15) is 0 Å². The minimum Gasteiger partial charge on any atom is -0.372 e. The molecule has 2 aromatic rings. The van der Waals surface area contributed by atoms with Crippen LogP contribution in [-0.4, -0.2) is 24.9 Å². The lowest BCUT2D eigenvalue weighted by Crippen LogP contribution is -2.34. The number of amides is 2. The van der Waals surface area contributed by atoms with Crippen LogP contribution in [0.15, 0.2) is 48.5 Å². The van der Waals surface area contributed by atoms with Gasteiger partial charge in [-0.25, -0.2) is 0 Å². The van der Waals surface area contributed by atoms with Gasteiger partial charge >= 0.3 is 11.8 Å². The second kappa shape index (κ2) is 8.03. The van der Waals surface area contributed by atoms with Gasteiger partial charge in [-0.05, 0) is 54.8 Å². The first kappa shape index (κ1) is 17.3. The van der Waals surface area contributed by atoms with Gasteiger partial charge in [-0.15, -0.1) is 0 Å². The van der Waals surface area contributed by atoms with Gasteiger partial charge in [0.15, 0.2) is 0 Å². The summed E-state index contributed by atoms with van der Waals surface area (Å²) in [6.45, 7) is 2.41. The fourth-order valence-corrected chi connectivity index (χ4v) is 2.91. The zero-order chi connectivity index (χ0) is 17.6. The average molecular weight is 358 g/mol. The molecule has 2 N–H and O–H groups in total. The molecule has 5 nitrogen and oxygen atoms in total. The maximum atomic E-state index is 12.0. The molecule has 3 rings (SSSR count). The number of anilines is 2. The van der Waals surface area contributed by atoms with E-state index >= 15 is 0 Å².